The van der Waals surface area contributed by atoms with Crippen molar-refractivity contribution in [2.45, 2.75) is 26.2 Å². The number of para-hydroxylation sites is 1. The molecule has 1 aromatic carbocycles. The summed E-state index contributed by atoms with van der Waals surface area (Å²) >= 11 is 0. The van der Waals surface area contributed by atoms with Gasteiger partial charge >= 0.3 is 0 Å². The Hall–Kier alpha value is -1.60. The second-order valence-corrected chi connectivity index (χ2v) is 7.71. The molecular weight excluding hydrogens is 314 g/mol. The molecule has 0 saturated carbocycles. The number of nitrogens with two attached hydrogens (primary N) is 1. The number of primary sulfonamides is 1. The van der Waals surface area contributed by atoms with Crippen molar-refractivity contribution in [2.75, 3.05) is 36.8 Å². The zero-order chi connectivity index (χ0) is 16.9. The van der Waals surface area contributed by atoms with Gasteiger partial charge in [0, 0.05) is 38.3 Å². The molecule has 1 amide bonds. The lowest BCUT2D eigenvalue weighted by atomic mass is 10.2. The molecule has 1 aliphatic heterocycles. The Labute approximate surface area is 138 Å². The Morgan fingerprint density at radius 3 is 2.61 bits per heavy atom. The third-order valence-electron chi connectivity index (χ3n) is 4.12. The number of aryl methyl sites for hydroxylation is 1. The molecular formula is C16H25N3O3S. The summed E-state index contributed by atoms with van der Waals surface area (Å²) in [6.07, 6.45) is 1.44. The topological polar surface area (TPSA) is 83.7 Å². The van der Waals surface area contributed by atoms with Gasteiger partial charge in [0.2, 0.25) is 15.9 Å². The highest BCUT2D eigenvalue weighted by molar-refractivity contribution is 7.89. The molecule has 2 rings (SSSR count). The minimum atomic E-state index is -3.49. The van der Waals surface area contributed by atoms with E-state index < -0.39 is 10.0 Å². The minimum Gasteiger partial charge on any atom is -0.369 e. The average molecular weight is 339 g/mol. The van der Waals surface area contributed by atoms with Crippen LogP contribution in [0.4, 0.5) is 5.69 Å². The quantitative estimate of drug-likeness (QED) is 0.871. The standard InChI is InChI=1S/C16H25N3O3S/c1-14-6-2-3-7-15(14)18-9-5-10-19(12-11-18)16(20)8-4-13-23(17,21)22/h2-3,6-7H,4-5,8-13H2,1H3,(H2,17,21,22). The molecule has 0 bridgehead atoms. The first kappa shape index (κ1) is 17.7. The second-order valence-electron chi connectivity index (χ2n) is 5.98. The zero-order valence-corrected chi connectivity index (χ0v) is 14.4. The second kappa shape index (κ2) is 7.79. The number of carbonyl (C=O) groups excluding carboxylic acids is 1. The van der Waals surface area contributed by atoms with Crippen LogP contribution < -0.4 is 10.0 Å². The summed E-state index contributed by atoms with van der Waals surface area (Å²) in [4.78, 5) is 16.4. The van der Waals surface area contributed by atoms with Crippen LogP contribution in [0.3, 0.4) is 0 Å². The van der Waals surface area contributed by atoms with Crippen LogP contribution >= 0.6 is 0 Å². The van der Waals surface area contributed by atoms with Gasteiger partial charge in [0.05, 0.1) is 5.75 Å². The van der Waals surface area contributed by atoms with E-state index in [1.54, 1.807) is 0 Å². The lowest BCUT2D eigenvalue weighted by Gasteiger charge is -2.25. The Balaban J connectivity index is 1.88. The van der Waals surface area contributed by atoms with Crippen LogP contribution in [0.2, 0.25) is 0 Å². The van der Waals surface area contributed by atoms with Crippen molar-refractivity contribution >= 4 is 21.6 Å². The summed E-state index contributed by atoms with van der Waals surface area (Å²) < 4.78 is 21.8. The van der Waals surface area contributed by atoms with Gasteiger partial charge in [-0.1, -0.05) is 18.2 Å². The fourth-order valence-electron chi connectivity index (χ4n) is 2.91. The van der Waals surface area contributed by atoms with Gasteiger partial charge < -0.3 is 9.80 Å². The number of anilines is 1. The van der Waals surface area contributed by atoms with Gasteiger partial charge in [-0.3, -0.25) is 4.79 Å². The maximum absolute atomic E-state index is 12.2. The van der Waals surface area contributed by atoms with Gasteiger partial charge in [0.1, 0.15) is 0 Å². The van der Waals surface area contributed by atoms with Gasteiger partial charge in [-0.2, -0.15) is 0 Å². The Morgan fingerprint density at radius 2 is 1.91 bits per heavy atom. The summed E-state index contributed by atoms with van der Waals surface area (Å²) in [6.45, 7) is 5.20. The molecule has 23 heavy (non-hydrogen) atoms. The van der Waals surface area contributed by atoms with Crippen molar-refractivity contribution in [3.63, 3.8) is 0 Å². The normalized spacial score (nSPS) is 16.3. The highest BCUT2D eigenvalue weighted by Crippen LogP contribution is 2.21. The summed E-state index contributed by atoms with van der Waals surface area (Å²) in [5, 5.41) is 4.96. The average Bonchev–Trinajstić information content (AvgIpc) is 2.72. The number of rotatable bonds is 5. The van der Waals surface area contributed by atoms with Crippen LogP contribution in [-0.2, 0) is 14.8 Å². The molecule has 2 N–H and O–H groups in total. The molecule has 1 heterocycles. The van der Waals surface area contributed by atoms with E-state index in [2.05, 4.69) is 24.0 Å². The number of sulfonamides is 1. The number of hydrogen-bond acceptors (Lipinski definition) is 4. The van der Waals surface area contributed by atoms with E-state index in [4.69, 9.17) is 5.14 Å². The molecule has 1 saturated heterocycles. The Morgan fingerprint density at radius 1 is 1.17 bits per heavy atom. The van der Waals surface area contributed by atoms with E-state index in [0.717, 1.165) is 26.1 Å². The predicted molar refractivity (Wildman–Crippen MR) is 91.8 cm³/mol. The van der Waals surface area contributed by atoms with Crippen molar-refractivity contribution in [3.8, 4) is 0 Å². The highest BCUT2D eigenvalue weighted by atomic mass is 32.2. The van der Waals surface area contributed by atoms with Crippen molar-refractivity contribution in [2.24, 2.45) is 5.14 Å². The lowest BCUT2D eigenvalue weighted by molar-refractivity contribution is -0.130. The largest absolute Gasteiger partial charge is 0.369 e. The SMILES string of the molecule is Cc1ccccc1N1CCCN(C(=O)CCCS(N)(=O)=O)CC1. The van der Waals surface area contributed by atoms with Crippen LogP contribution in [0.5, 0.6) is 0 Å². The Kier molecular flexibility index (Phi) is 6.01. The van der Waals surface area contributed by atoms with Gasteiger partial charge in [0.25, 0.3) is 0 Å². The first-order valence-corrected chi connectivity index (χ1v) is 9.67. The highest BCUT2D eigenvalue weighted by Gasteiger charge is 2.20. The molecule has 6 nitrogen and oxygen atoms in total. The summed E-state index contributed by atoms with van der Waals surface area (Å²) in [5.41, 5.74) is 2.46. The predicted octanol–water partition coefficient (Wildman–Crippen LogP) is 1.10. The zero-order valence-electron chi connectivity index (χ0n) is 13.6. The van der Waals surface area contributed by atoms with E-state index in [9.17, 15) is 13.2 Å². The molecule has 1 aromatic rings. The Bertz CT molecular complexity index is 646. The molecule has 7 heteroatoms. The fraction of sp³-hybridized carbons (Fsp3) is 0.562. The first-order valence-electron chi connectivity index (χ1n) is 7.95. The van der Waals surface area contributed by atoms with Gasteiger partial charge in [-0.05, 0) is 31.4 Å². The third kappa shape index (κ3) is 5.51. The van der Waals surface area contributed by atoms with Crippen LogP contribution in [-0.4, -0.2) is 51.2 Å². The monoisotopic (exact) mass is 339 g/mol. The van der Waals surface area contributed by atoms with Gasteiger partial charge in [-0.15, -0.1) is 0 Å². The number of carbonyl (C=O) groups is 1. The van der Waals surface area contributed by atoms with E-state index in [1.807, 2.05) is 17.0 Å². The van der Waals surface area contributed by atoms with Crippen LogP contribution in [0.25, 0.3) is 0 Å². The maximum atomic E-state index is 12.2. The third-order valence-corrected chi connectivity index (χ3v) is 4.98. The van der Waals surface area contributed by atoms with Gasteiger partial charge in [0.15, 0.2) is 0 Å². The number of benzene rings is 1. The van der Waals surface area contributed by atoms with E-state index in [1.165, 1.54) is 11.3 Å². The molecule has 0 unspecified atom stereocenters. The van der Waals surface area contributed by atoms with Crippen molar-refractivity contribution in [1.29, 1.82) is 0 Å². The van der Waals surface area contributed by atoms with Crippen LogP contribution in [0.1, 0.15) is 24.8 Å². The summed E-state index contributed by atoms with van der Waals surface area (Å²) in [6, 6.07) is 8.26. The molecule has 1 aliphatic rings. The van der Waals surface area contributed by atoms with Crippen molar-refractivity contribution in [1.82, 2.24) is 4.90 Å². The molecule has 0 radical (unpaired) electrons. The molecule has 0 aromatic heterocycles. The van der Waals surface area contributed by atoms with E-state index in [-0.39, 0.29) is 24.5 Å². The number of nitrogens with zero attached hydrogens (tertiary/aromatic N) is 2. The summed E-state index contributed by atoms with van der Waals surface area (Å²) in [7, 11) is -3.49. The lowest BCUT2D eigenvalue weighted by Crippen LogP contribution is -2.35. The first-order chi connectivity index (χ1) is 10.9. The maximum Gasteiger partial charge on any atom is 0.222 e. The van der Waals surface area contributed by atoms with E-state index >= 15 is 0 Å². The fourth-order valence-corrected chi connectivity index (χ4v) is 3.46. The minimum absolute atomic E-state index is 0.0142. The molecule has 1 fully saturated rings. The molecule has 0 atom stereocenters. The van der Waals surface area contributed by atoms with Crippen LogP contribution in [0, 0.1) is 6.92 Å². The smallest absolute Gasteiger partial charge is 0.222 e. The number of hydrogen-bond donors (Lipinski definition) is 1. The van der Waals surface area contributed by atoms with Gasteiger partial charge in [-0.25, -0.2) is 13.6 Å². The molecule has 0 spiro atoms. The molecule has 0 aliphatic carbocycles. The van der Waals surface area contributed by atoms with E-state index in [0.29, 0.717) is 6.54 Å². The molecule has 128 valence electrons. The van der Waals surface area contributed by atoms with Crippen molar-refractivity contribution < 1.29 is 13.2 Å². The summed E-state index contributed by atoms with van der Waals surface area (Å²) in [5.74, 6) is -0.123. The van der Waals surface area contributed by atoms with Crippen molar-refractivity contribution in [3.05, 3.63) is 29.8 Å². The van der Waals surface area contributed by atoms with Crippen LogP contribution in [0.15, 0.2) is 24.3 Å². The number of amides is 1.